The van der Waals surface area contributed by atoms with Crippen LogP contribution in [0.1, 0.15) is 30.1 Å². The highest BCUT2D eigenvalue weighted by Crippen LogP contribution is 2.25. The van der Waals surface area contributed by atoms with Crippen LogP contribution in [0.4, 0.5) is 5.69 Å². The van der Waals surface area contributed by atoms with E-state index in [1.165, 1.54) is 11.3 Å². The van der Waals surface area contributed by atoms with Gasteiger partial charge in [0.2, 0.25) is 0 Å². The predicted molar refractivity (Wildman–Crippen MR) is 95.1 cm³/mol. The van der Waals surface area contributed by atoms with Crippen molar-refractivity contribution in [3.05, 3.63) is 44.3 Å². The summed E-state index contributed by atoms with van der Waals surface area (Å²) in [7, 11) is 2.12. The molecule has 0 spiro atoms. The number of thiazole rings is 1. The zero-order chi connectivity index (χ0) is 15.4. The minimum atomic E-state index is 0.475. The summed E-state index contributed by atoms with van der Waals surface area (Å²) >= 11 is 5.27. The van der Waals surface area contributed by atoms with Crippen LogP contribution in [0.5, 0.6) is 0 Å². The number of halogens is 1. The van der Waals surface area contributed by atoms with Gasteiger partial charge < -0.3 is 10.2 Å². The molecule has 0 aliphatic heterocycles. The van der Waals surface area contributed by atoms with Crippen LogP contribution in [0.2, 0.25) is 0 Å². The number of hydrogen-bond donors (Lipinski definition) is 1. The van der Waals surface area contributed by atoms with Gasteiger partial charge in [-0.3, -0.25) is 0 Å². The van der Waals surface area contributed by atoms with Crippen molar-refractivity contribution in [1.82, 2.24) is 10.3 Å². The lowest BCUT2D eigenvalue weighted by Gasteiger charge is -2.23. The molecule has 0 atom stereocenters. The Morgan fingerprint density at radius 1 is 1.38 bits per heavy atom. The Balaban J connectivity index is 2.16. The summed E-state index contributed by atoms with van der Waals surface area (Å²) in [6.45, 7) is 8.08. The van der Waals surface area contributed by atoms with Gasteiger partial charge in [-0.05, 0) is 30.7 Å². The molecule has 1 N–H and O–H groups in total. The van der Waals surface area contributed by atoms with Crippen LogP contribution in [0.3, 0.4) is 0 Å². The minimum absolute atomic E-state index is 0.475. The third-order valence-electron chi connectivity index (χ3n) is 3.22. The Morgan fingerprint density at radius 2 is 2.14 bits per heavy atom. The van der Waals surface area contributed by atoms with Crippen LogP contribution in [-0.2, 0) is 13.1 Å². The van der Waals surface area contributed by atoms with Crippen molar-refractivity contribution < 1.29 is 0 Å². The summed E-state index contributed by atoms with van der Waals surface area (Å²) in [5.41, 5.74) is 3.68. The fourth-order valence-corrected chi connectivity index (χ4v) is 3.20. The Kier molecular flexibility index (Phi) is 5.79. The van der Waals surface area contributed by atoms with E-state index in [2.05, 4.69) is 75.6 Å². The Bertz CT molecular complexity index is 595. The standard InChI is InChI=1S/C16H22BrN3S/c1-11(2)18-8-13-7-14(17)5-6-16(13)20(4)9-15-10-21-12(3)19-15/h5-7,10-11,18H,8-9H2,1-4H3. The van der Waals surface area contributed by atoms with E-state index < -0.39 is 0 Å². The molecule has 0 aliphatic rings. The molecule has 0 amide bonds. The fourth-order valence-electron chi connectivity index (χ4n) is 2.19. The smallest absolute Gasteiger partial charge is 0.0898 e. The van der Waals surface area contributed by atoms with Crippen molar-refractivity contribution in [2.24, 2.45) is 0 Å². The summed E-state index contributed by atoms with van der Waals surface area (Å²) in [5.74, 6) is 0. The second-order valence-corrected chi connectivity index (χ2v) is 7.50. The molecule has 1 aromatic carbocycles. The minimum Gasteiger partial charge on any atom is -0.368 e. The predicted octanol–water partition coefficient (Wildman–Crippen LogP) is 4.35. The van der Waals surface area contributed by atoms with Crippen LogP contribution >= 0.6 is 27.3 Å². The number of rotatable bonds is 6. The molecule has 2 rings (SSSR count). The molecule has 21 heavy (non-hydrogen) atoms. The maximum atomic E-state index is 4.55. The summed E-state index contributed by atoms with van der Waals surface area (Å²) in [6.07, 6.45) is 0. The van der Waals surface area contributed by atoms with Gasteiger partial charge in [-0.2, -0.15) is 0 Å². The van der Waals surface area contributed by atoms with Gasteiger partial charge in [0, 0.05) is 35.2 Å². The van der Waals surface area contributed by atoms with Crippen molar-refractivity contribution in [1.29, 1.82) is 0 Å². The maximum absolute atomic E-state index is 4.55. The highest BCUT2D eigenvalue weighted by molar-refractivity contribution is 9.10. The molecule has 5 heteroatoms. The number of aryl methyl sites for hydroxylation is 1. The molecule has 0 aliphatic carbocycles. The Labute approximate surface area is 139 Å². The number of aromatic nitrogens is 1. The van der Waals surface area contributed by atoms with Crippen molar-refractivity contribution in [3.63, 3.8) is 0 Å². The van der Waals surface area contributed by atoms with Crippen LogP contribution in [0.15, 0.2) is 28.1 Å². The van der Waals surface area contributed by atoms with E-state index in [4.69, 9.17) is 0 Å². The summed E-state index contributed by atoms with van der Waals surface area (Å²) in [5, 5.41) is 6.75. The molecule has 0 radical (unpaired) electrons. The molecule has 1 aromatic heterocycles. The maximum Gasteiger partial charge on any atom is 0.0898 e. The van der Waals surface area contributed by atoms with Crippen molar-refractivity contribution in [3.8, 4) is 0 Å². The monoisotopic (exact) mass is 367 g/mol. The normalized spacial score (nSPS) is 11.1. The SMILES string of the molecule is Cc1nc(CN(C)c2ccc(Br)cc2CNC(C)C)cs1. The lowest BCUT2D eigenvalue weighted by atomic mass is 10.1. The first-order valence-corrected chi connectivity index (χ1v) is 8.77. The topological polar surface area (TPSA) is 28.2 Å². The van der Waals surface area contributed by atoms with Gasteiger partial charge >= 0.3 is 0 Å². The van der Waals surface area contributed by atoms with Crippen LogP contribution in [0, 0.1) is 6.92 Å². The molecular formula is C16H22BrN3S. The number of nitrogens with one attached hydrogen (secondary N) is 1. The van der Waals surface area contributed by atoms with Crippen molar-refractivity contribution in [2.75, 3.05) is 11.9 Å². The first-order chi connectivity index (χ1) is 9.95. The van der Waals surface area contributed by atoms with Crippen LogP contribution < -0.4 is 10.2 Å². The van der Waals surface area contributed by atoms with Gasteiger partial charge in [-0.15, -0.1) is 11.3 Å². The zero-order valence-corrected chi connectivity index (χ0v) is 15.4. The van der Waals surface area contributed by atoms with Crippen molar-refractivity contribution >= 4 is 33.0 Å². The van der Waals surface area contributed by atoms with Gasteiger partial charge in [0.15, 0.2) is 0 Å². The van der Waals surface area contributed by atoms with Gasteiger partial charge in [0.05, 0.1) is 17.2 Å². The Hall–Kier alpha value is -0.910. The van der Waals surface area contributed by atoms with E-state index in [-0.39, 0.29) is 0 Å². The number of benzene rings is 1. The molecule has 0 fully saturated rings. The average Bonchev–Trinajstić information content (AvgIpc) is 2.81. The van der Waals surface area contributed by atoms with E-state index in [9.17, 15) is 0 Å². The average molecular weight is 368 g/mol. The number of anilines is 1. The highest BCUT2D eigenvalue weighted by atomic mass is 79.9. The summed E-state index contributed by atoms with van der Waals surface area (Å²) in [6, 6.07) is 6.92. The van der Waals surface area contributed by atoms with Gasteiger partial charge in [0.1, 0.15) is 0 Å². The molecule has 1 heterocycles. The van der Waals surface area contributed by atoms with Crippen molar-refractivity contribution in [2.45, 2.75) is 39.9 Å². The first kappa shape index (κ1) is 16.5. The van der Waals surface area contributed by atoms with Gasteiger partial charge in [-0.1, -0.05) is 29.8 Å². The van der Waals surface area contributed by atoms with Crippen LogP contribution in [0.25, 0.3) is 0 Å². The quantitative estimate of drug-likeness (QED) is 0.822. The van der Waals surface area contributed by atoms with E-state index in [0.717, 1.165) is 28.3 Å². The van der Waals surface area contributed by atoms with E-state index >= 15 is 0 Å². The van der Waals surface area contributed by atoms with E-state index in [0.29, 0.717) is 6.04 Å². The molecule has 114 valence electrons. The summed E-state index contributed by atoms with van der Waals surface area (Å²) < 4.78 is 1.12. The Morgan fingerprint density at radius 3 is 2.76 bits per heavy atom. The summed E-state index contributed by atoms with van der Waals surface area (Å²) in [4.78, 5) is 6.81. The van der Waals surface area contributed by atoms with Gasteiger partial charge in [0.25, 0.3) is 0 Å². The highest BCUT2D eigenvalue weighted by Gasteiger charge is 2.10. The zero-order valence-electron chi connectivity index (χ0n) is 13.0. The van der Waals surface area contributed by atoms with Gasteiger partial charge in [-0.25, -0.2) is 4.98 Å². The lowest BCUT2D eigenvalue weighted by molar-refractivity contribution is 0.588. The molecular weight excluding hydrogens is 346 g/mol. The third-order valence-corrected chi connectivity index (χ3v) is 4.53. The number of nitrogens with zero attached hydrogens (tertiary/aromatic N) is 2. The van der Waals surface area contributed by atoms with Crippen LogP contribution in [-0.4, -0.2) is 18.1 Å². The van der Waals surface area contributed by atoms with E-state index in [1.54, 1.807) is 11.3 Å². The molecule has 0 bridgehead atoms. The second-order valence-electron chi connectivity index (χ2n) is 5.52. The van der Waals surface area contributed by atoms with E-state index in [1.807, 2.05) is 6.92 Å². The number of hydrogen-bond acceptors (Lipinski definition) is 4. The third kappa shape index (κ3) is 4.80. The molecule has 0 unspecified atom stereocenters. The largest absolute Gasteiger partial charge is 0.368 e. The lowest BCUT2D eigenvalue weighted by Crippen LogP contribution is -2.24. The molecule has 0 saturated heterocycles. The fraction of sp³-hybridized carbons (Fsp3) is 0.438. The molecule has 3 nitrogen and oxygen atoms in total. The first-order valence-electron chi connectivity index (χ1n) is 7.09. The molecule has 2 aromatic rings. The second kappa shape index (κ2) is 7.38. The molecule has 0 saturated carbocycles.